The fourth-order valence-electron chi connectivity index (χ4n) is 2.99. The summed E-state index contributed by atoms with van der Waals surface area (Å²) in [6.45, 7) is 5.65. The maximum absolute atomic E-state index is 12.2. The largest absolute Gasteiger partial charge is 0.395 e. The van der Waals surface area contributed by atoms with Crippen LogP contribution in [0.15, 0.2) is 6.07 Å². The van der Waals surface area contributed by atoms with E-state index in [2.05, 4.69) is 20.4 Å². The number of hydrogen-bond acceptors (Lipinski definition) is 4. The smallest absolute Gasteiger partial charge is 0.227 e. The zero-order chi connectivity index (χ0) is 19.3. The molecule has 26 heavy (non-hydrogen) atoms. The predicted octanol–water partition coefficient (Wildman–Crippen LogP) is 3.31. The first kappa shape index (κ1) is 20.8. The number of hydrogen-bond donors (Lipinski definition) is 4. The van der Waals surface area contributed by atoms with Crippen molar-refractivity contribution >= 4 is 45.7 Å². The molecule has 0 fully saturated rings. The third-order valence-corrected chi connectivity index (χ3v) is 5.09. The number of amides is 1. The zero-order valence-electron chi connectivity index (χ0n) is 15.2. The van der Waals surface area contributed by atoms with Gasteiger partial charge in [-0.05, 0) is 25.5 Å². The van der Waals surface area contributed by atoms with E-state index < -0.39 is 0 Å². The Labute approximate surface area is 163 Å². The van der Waals surface area contributed by atoms with Crippen LogP contribution in [0.3, 0.4) is 0 Å². The molecule has 0 saturated carbocycles. The zero-order valence-corrected chi connectivity index (χ0v) is 16.7. The molecule has 1 amide bonds. The van der Waals surface area contributed by atoms with E-state index >= 15 is 0 Å². The Bertz CT molecular complexity index is 775. The molecule has 1 aromatic carbocycles. The monoisotopic (exact) mass is 401 g/mol. The van der Waals surface area contributed by atoms with Gasteiger partial charge in [0.25, 0.3) is 0 Å². The number of H-pyrrole nitrogens is 1. The number of rotatable bonds is 4. The van der Waals surface area contributed by atoms with Crippen molar-refractivity contribution in [3.8, 4) is 0 Å². The van der Waals surface area contributed by atoms with Crippen LogP contribution in [0.25, 0.3) is 10.9 Å². The van der Waals surface area contributed by atoms with Crippen LogP contribution in [0.2, 0.25) is 10.0 Å². The molecule has 1 aliphatic heterocycles. The van der Waals surface area contributed by atoms with Gasteiger partial charge in [0.15, 0.2) is 0 Å². The van der Waals surface area contributed by atoms with Gasteiger partial charge in [-0.15, -0.1) is 0 Å². The number of aromatic amines is 1. The quantitative estimate of drug-likeness (QED) is 0.632. The molecular weight excluding hydrogens is 377 g/mol. The molecule has 0 unspecified atom stereocenters. The average Bonchev–Trinajstić information content (AvgIpc) is 2.96. The molecule has 4 N–H and O–H groups in total. The van der Waals surface area contributed by atoms with Crippen LogP contribution in [0.5, 0.6) is 0 Å². The average molecular weight is 402 g/mol. The van der Waals surface area contributed by atoms with Crippen LogP contribution in [-0.2, 0) is 16.0 Å². The molecule has 0 radical (unpaired) electrons. The van der Waals surface area contributed by atoms with E-state index in [9.17, 15) is 4.79 Å². The van der Waals surface area contributed by atoms with Crippen LogP contribution in [0.4, 0.5) is 5.69 Å². The second kappa shape index (κ2) is 9.46. The van der Waals surface area contributed by atoms with E-state index in [0.29, 0.717) is 29.6 Å². The van der Waals surface area contributed by atoms with E-state index in [1.165, 1.54) is 0 Å². The summed E-state index contributed by atoms with van der Waals surface area (Å²) in [4.78, 5) is 15.5. The number of benzene rings is 1. The highest BCUT2D eigenvalue weighted by Crippen LogP contribution is 2.42. The molecule has 1 aromatic heterocycles. The molecule has 6 nitrogen and oxygen atoms in total. The fraction of sp³-hybridized carbons (Fsp3) is 0.500. The number of carbonyl (C=O) groups is 1. The highest BCUT2D eigenvalue weighted by atomic mass is 35.5. The number of fused-ring (bicyclic) bond motifs is 3. The molecule has 2 heterocycles. The summed E-state index contributed by atoms with van der Waals surface area (Å²) in [7, 11) is 1.68. The van der Waals surface area contributed by atoms with Gasteiger partial charge in [-0.25, -0.2) is 0 Å². The number of carbonyl (C=O) groups excluding carboxylic acids is 1. The lowest BCUT2D eigenvalue weighted by Crippen LogP contribution is -2.26. The molecular formula is C18H25Cl2N3O3. The number of ether oxygens (including phenoxy) is 1. The maximum atomic E-state index is 12.2. The molecule has 2 aromatic rings. The fourth-order valence-corrected chi connectivity index (χ4v) is 3.39. The lowest BCUT2D eigenvalue weighted by molar-refractivity contribution is -0.121. The highest BCUT2D eigenvalue weighted by molar-refractivity contribution is 6.45. The molecule has 0 bridgehead atoms. The summed E-state index contributed by atoms with van der Waals surface area (Å²) in [6.07, 6.45) is 0.716. The number of methoxy groups -OCH3 is 1. The van der Waals surface area contributed by atoms with Crippen molar-refractivity contribution in [1.29, 1.82) is 0 Å². The Kier molecular flexibility index (Phi) is 7.58. The van der Waals surface area contributed by atoms with Gasteiger partial charge in [-0.1, -0.05) is 23.2 Å². The van der Waals surface area contributed by atoms with E-state index in [0.717, 1.165) is 34.5 Å². The number of anilines is 1. The third-order valence-electron chi connectivity index (χ3n) is 4.31. The number of nitrogens with one attached hydrogen (secondary N) is 3. The van der Waals surface area contributed by atoms with Crippen molar-refractivity contribution in [3.63, 3.8) is 0 Å². The van der Waals surface area contributed by atoms with Gasteiger partial charge in [0.1, 0.15) is 0 Å². The maximum Gasteiger partial charge on any atom is 0.227 e. The van der Waals surface area contributed by atoms with E-state index in [1.807, 2.05) is 13.8 Å². The Morgan fingerprint density at radius 3 is 2.73 bits per heavy atom. The van der Waals surface area contributed by atoms with Crippen molar-refractivity contribution < 1.29 is 14.6 Å². The van der Waals surface area contributed by atoms with Crippen molar-refractivity contribution in [2.75, 3.05) is 38.7 Å². The lowest BCUT2D eigenvalue weighted by atomic mass is 9.96. The predicted molar refractivity (Wildman–Crippen MR) is 107 cm³/mol. The van der Waals surface area contributed by atoms with Gasteiger partial charge in [-0.3, -0.25) is 4.79 Å². The lowest BCUT2D eigenvalue weighted by Gasteiger charge is -2.13. The van der Waals surface area contributed by atoms with Gasteiger partial charge in [-0.2, -0.15) is 0 Å². The first-order valence-corrected chi connectivity index (χ1v) is 9.35. The van der Waals surface area contributed by atoms with Crippen LogP contribution in [0.1, 0.15) is 31.0 Å². The molecule has 0 saturated heterocycles. The molecule has 144 valence electrons. The molecule has 1 atom stereocenters. The standard InChI is InChI=1S/C15H17Cl2N3O2.C3H8O/c1-7-11-9(2-3-19-15(7)22)20-14-12(11)10(18-4-5-21)6-8(16)13(14)17;1-3-4-2/h6-7,18,20-21H,2-5H2,1H3,(H,19,22);3H2,1-2H3/t7-;/m0./s1. The number of aliphatic hydroxyl groups is 1. The van der Waals surface area contributed by atoms with E-state index in [1.54, 1.807) is 13.2 Å². The summed E-state index contributed by atoms with van der Waals surface area (Å²) in [5.74, 6) is -0.281. The van der Waals surface area contributed by atoms with Gasteiger partial charge in [0, 0.05) is 50.0 Å². The van der Waals surface area contributed by atoms with Crippen molar-refractivity contribution in [2.45, 2.75) is 26.2 Å². The van der Waals surface area contributed by atoms with Gasteiger partial charge < -0.3 is 25.5 Å². The summed E-state index contributed by atoms with van der Waals surface area (Å²) in [6, 6.07) is 1.74. The van der Waals surface area contributed by atoms with Crippen LogP contribution < -0.4 is 10.6 Å². The van der Waals surface area contributed by atoms with Gasteiger partial charge in [0.05, 0.1) is 28.1 Å². The molecule has 0 spiro atoms. The van der Waals surface area contributed by atoms with E-state index in [4.69, 9.17) is 28.3 Å². The minimum atomic E-state index is -0.279. The Morgan fingerprint density at radius 2 is 2.12 bits per heavy atom. The second-order valence-electron chi connectivity index (χ2n) is 5.98. The Balaban J connectivity index is 0.000000552. The third kappa shape index (κ3) is 4.26. The highest BCUT2D eigenvalue weighted by Gasteiger charge is 2.28. The first-order chi connectivity index (χ1) is 12.5. The summed E-state index contributed by atoms with van der Waals surface area (Å²) >= 11 is 12.5. The summed E-state index contributed by atoms with van der Waals surface area (Å²) in [5, 5.41) is 16.9. The van der Waals surface area contributed by atoms with Crippen molar-refractivity contribution in [1.82, 2.24) is 10.3 Å². The van der Waals surface area contributed by atoms with Crippen LogP contribution in [0, 0.1) is 0 Å². The second-order valence-corrected chi connectivity index (χ2v) is 6.76. The van der Waals surface area contributed by atoms with Crippen LogP contribution in [-0.4, -0.2) is 49.4 Å². The Hall–Kier alpha value is -1.47. The van der Waals surface area contributed by atoms with Gasteiger partial charge in [0.2, 0.25) is 5.91 Å². The number of aliphatic hydroxyl groups excluding tert-OH is 1. The number of halogens is 2. The SMILES string of the molecule is CCOC.C[C@@H]1C(=O)NCCc2[nH]c3c(Cl)c(Cl)cc(NCCO)c3c21. The summed E-state index contributed by atoms with van der Waals surface area (Å²) < 4.78 is 4.54. The molecule has 3 rings (SSSR count). The molecule has 1 aliphatic rings. The molecule has 0 aliphatic carbocycles. The minimum absolute atomic E-state index is 0.00108. The summed E-state index contributed by atoms with van der Waals surface area (Å²) in [5.41, 5.74) is 3.46. The minimum Gasteiger partial charge on any atom is -0.395 e. The molecule has 8 heteroatoms. The normalized spacial score (nSPS) is 16.4. The number of aromatic nitrogens is 1. The first-order valence-electron chi connectivity index (χ1n) is 8.60. The van der Waals surface area contributed by atoms with E-state index in [-0.39, 0.29) is 18.4 Å². The topological polar surface area (TPSA) is 86.4 Å². The Morgan fingerprint density at radius 1 is 1.42 bits per heavy atom. The van der Waals surface area contributed by atoms with Crippen molar-refractivity contribution in [3.05, 3.63) is 27.4 Å². The van der Waals surface area contributed by atoms with Gasteiger partial charge >= 0.3 is 0 Å². The van der Waals surface area contributed by atoms with Crippen LogP contribution >= 0.6 is 23.2 Å². The van der Waals surface area contributed by atoms with Crippen molar-refractivity contribution in [2.24, 2.45) is 0 Å².